The van der Waals surface area contributed by atoms with Crippen molar-refractivity contribution in [2.75, 3.05) is 38.1 Å². The second-order valence-corrected chi connectivity index (χ2v) is 8.30. The Morgan fingerprint density at radius 3 is 2.72 bits per heavy atom. The van der Waals surface area contributed by atoms with Crippen LogP contribution < -0.4 is 10.6 Å². The zero-order chi connectivity index (χ0) is 20.6. The van der Waals surface area contributed by atoms with Gasteiger partial charge in [0, 0.05) is 37.8 Å². The second-order valence-electron chi connectivity index (χ2n) is 8.30. The molecule has 1 amide bonds. The zero-order valence-electron chi connectivity index (χ0n) is 17.1. The number of nitrogens with zero attached hydrogens (tertiary/aromatic N) is 5. The number of amides is 1. The van der Waals surface area contributed by atoms with Gasteiger partial charge in [-0.05, 0) is 25.7 Å². The number of aromatic nitrogens is 4. The summed E-state index contributed by atoms with van der Waals surface area (Å²) < 4.78 is 20.9. The number of rotatable bonds is 5. The first-order valence-corrected chi connectivity index (χ1v) is 10.1. The Balaban J connectivity index is 1.35. The molecule has 0 saturated carbocycles. The van der Waals surface area contributed by atoms with E-state index in [9.17, 15) is 9.18 Å². The summed E-state index contributed by atoms with van der Waals surface area (Å²) in [5.74, 6) is 1.68. The summed E-state index contributed by atoms with van der Waals surface area (Å²) in [6.07, 6.45) is 2.90. The smallest absolute Gasteiger partial charge is 0.409 e. The first-order chi connectivity index (χ1) is 13.8. The van der Waals surface area contributed by atoms with Crippen LogP contribution in [0, 0.1) is 6.92 Å². The SMILES string of the molecule is Cc1nc(NC2CCN(C(=O)OCC3(F)CNC3)CC2)n2ncc(C(C)C)c2n1. The van der Waals surface area contributed by atoms with Gasteiger partial charge in [0.25, 0.3) is 0 Å². The van der Waals surface area contributed by atoms with Gasteiger partial charge in [0.05, 0.1) is 6.20 Å². The lowest BCUT2D eigenvalue weighted by atomic mass is 10.0. The Kier molecular flexibility index (Phi) is 5.28. The van der Waals surface area contributed by atoms with Crippen LogP contribution in [0.1, 0.15) is 44.0 Å². The standard InChI is InChI=1S/C19H28FN7O2/c1-12(2)15-8-22-27-16(15)23-13(3)24-17(27)25-14-4-6-26(7-5-14)18(28)29-11-19(20)9-21-10-19/h8,12,14,21H,4-7,9-11H2,1-3H3,(H,23,24,25). The van der Waals surface area contributed by atoms with Crippen LogP contribution in [0.25, 0.3) is 5.65 Å². The first-order valence-electron chi connectivity index (χ1n) is 10.1. The predicted molar refractivity (Wildman–Crippen MR) is 106 cm³/mol. The third-order valence-corrected chi connectivity index (χ3v) is 5.55. The topological polar surface area (TPSA) is 96.7 Å². The zero-order valence-corrected chi connectivity index (χ0v) is 17.1. The van der Waals surface area contributed by atoms with Gasteiger partial charge < -0.3 is 20.3 Å². The van der Waals surface area contributed by atoms with Crippen LogP contribution in [0.5, 0.6) is 0 Å². The fourth-order valence-corrected chi connectivity index (χ4v) is 3.67. The second kappa shape index (κ2) is 7.74. The molecule has 0 radical (unpaired) electrons. The Labute approximate surface area is 169 Å². The molecule has 2 aromatic rings. The molecule has 2 saturated heterocycles. The maximum atomic E-state index is 14.0. The molecule has 0 aromatic carbocycles. The minimum Gasteiger partial charge on any atom is -0.446 e. The summed E-state index contributed by atoms with van der Waals surface area (Å²) in [6, 6.07) is 0.159. The van der Waals surface area contributed by atoms with Crippen LogP contribution in [-0.4, -0.2) is 75.1 Å². The molecule has 0 bridgehead atoms. The van der Waals surface area contributed by atoms with Gasteiger partial charge >= 0.3 is 6.09 Å². The van der Waals surface area contributed by atoms with E-state index in [0.29, 0.717) is 30.8 Å². The van der Waals surface area contributed by atoms with Gasteiger partial charge in [-0.15, -0.1) is 0 Å². The lowest BCUT2D eigenvalue weighted by Gasteiger charge is -2.36. The molecule has 4 heterocycles. The number of hydrogen-bond acceptors (Lipinski definition) is 7. The molecule has 0 unspecified atom stereocenters. The summed E-state index contributed by atoms with van der Waals surface area (Å²) in [6.45, 7) is 7.50. The third-order valence-electron chi connectivity index (χ3n) is 5.55. The number of nitrogens with one attached hydrogen (secondary N) is 2. The molecule has 2 fully saturated rings. The number of aryl methyl sites for hydroxylation is 1. The van der Waals surface area contributed by atoms with Gasteiger partial charge in [0.2, 0.25) is 5.95 Å². The largest absolute Gasteiger partial charge is 0.446 e. The highest BCUT2D eigenvalue weighted by Crippen LogP contribution is 2.23. The summed E-state index contributed by atoms with van der Waals surface area (Å²) in [5, 5.41) is 10.8. The van der Waals surface area contributed by atoms with Gasteiger partial charge in [0.1, 0.15) is 12.4 Å². The van der Waals surface area contributed by atoms with E-state index in [-0.39, 0.29) is 25.7 Å². The van der Waals surface area contributed by atoms with Crippen LogP contribution in [-0.2, 0) is 4.74 Å². The van der Waals surface area contributed by atoms with E-state index >= 15 is 0 Å². The number of anilines is 1. The highest BCUT2D eigenvalue weighted by molar-refractivity contribution is 5.67. The lowest BCUT2D eigenvalue weighted by Crippen LogP contribution is -2.59. The van der Waals surface area contributed by atoms with E-state index in [1.807, 2.05) is 13.1 Å². The Morgan fingerprint density at radius 2 is 2.10 bits per heavy atom. The van der Waals surface area contributed by atoms with Crippen LogP contribution in [0.15, 0.2) is 6.20 Å². The van der Waals surface area contributed by atoms with Crippen LogP contribution in [0.3, 0.4) is 0 Å². The van der Waals surface area contributed by atoms with Crippen molar-refractivity contribution in [2.24, 2.45) is 0 Å². The molecule has 29 heavy (non-hydrogen) atoms. The summed E-state index contributed by atoms with van der Waals surface area (Å²) in [4.78, 5) is 22.9. The van der Waals surface area contributed by atoms with E-state index in [1.165, 1.54) is 0 Å². The molecule has 2 N–H and O–H groups in total. The summed E-state index contributed by atoms with van der Waals surface area (Å²) in [5.41, 5.74) is 0.495. The van der Waals surface area contributed by atoms with Crippen LogP contribution in [0.4, 0.5) is 15.1 Å². The van der Waals surface area contributed by atoms with Crippen molar-refractivity contribution in [1.82, 2.24) is 29.8 Å². The maximum absolute atomic E-state index is 14.0. The monoisotopic (exact) mass is 405 g/mol. The molecule has 158 valence electrons. The summed E-state index contributed by atoms with van der Waals surface area (Å²) >= 11 is 0. The molecule has 9 nitrogen and oxygen atoms in total. The van der Waals surface area contributed by atoms with Crippen molar-refractivity contribution < 1.29 is 13.9 Å². The number of alkyl halides is 1. The highest BCUT2D eigenvalue weighted by atomic mass is 19.1. The molecule has 0 aliphatic carbocycles. The van der Waals surface area contributed by atoms with Crippen LogP contribution in [0.2, 0.25) is 0 Å². The quantitative estimate of drug-likeness (QED) is 0.784. The maximum Gasteiger partial charge on any atom is 0.409 e. The third kappa shape index (κ3) is 4.12. The highest BCUT2D eigenvalue weighted by Gasteiger charge is 2.39. The fraction of sp³-hybridized carbons (Fsp3) is 0.684. The van der Waals surface area contributed by atoms with E-state index in [4.69, 9.17) is 4.74 Å². The Bertz CT molecular complexity index is 888. The van der Waals surface area contributed by atoms with Gasteiger partial charge in [-0.3, -0.25) is 0 Å². The van der Waals surface area contributed by atoms with Gasteiger partial charge in [-0.25, -0.2) is 14.2 Å². The number of carbonyl (C=O) groups excluding carboxylic acids is 1. The predicted octanol–water partition coefficient (Wildman–Crippen LogP) is 1.88. The van der Waals surface area contributed by atoms with E-state index < -0.39 is 11.8 Å². The fourth-order valence-electron chi connectivity index (χ4n) is 3.67. The number of piperidine rings is 1. The molecule has 10 heteroatoms. The first kappa shape index (κ1) is 19.8. The molecule has 2 aliphatic rings. The minimum absolute atomic E-state index is 0.159. The molecule has 2 aliphatic heterocycles. The minimum atomic E-state index is -1.41. The van der Waals surface area contributed by atoms with E-state index in [1.54, 1.807) is 9.42 Å². The molecule has 0 atom stereocenters. The Hall–Kier alpha value is -2.49. The molecule has 0 spiro atoms. The lowest BCUT2D eigenvalue weighted by molar-refractivity contribution is -0.00162. The molecular weight excluding hydrogens is 377 g/mol. The van der Waals surface area contributed by atoms with Crippen molar-refractivity contribution >= 4 is 17.7 Å². The Morgan fingerprint density at radius 1 is 1.38 bits per heavy atom. The van der Waals surface area contributed by atoms with Gasteiger partial charge in [0.15, 0.2) is 11.3 Å². The van der Waals surface area contributed by atoms with Gasteiger partial charge in [-0.2, -0.15) is 14.6 Å². The molecule has 2 aromatic heterocycles. The average Bonchev–Trinajstić information content (AvgIpc) is 3.09. The normalized spacial score (nSPS) is 19.4. The van der Waals surface area contributed by atoms with E-state index in [2.05, 4.69) is 39.5 Å². The number of halogens is 1. The average molecular weight is 405 g/mol. The number of carbonyl (C=O) groups is 1. The van der Waals surface area contributed by atoms with Crippen molar-refractivity contribution in [2.45, 2.75) is 51.2 Å². The number of hydrogen-bond donors (Lipinski definition) is 2. The molecular formula is C19H28FN7O2. The number of likely N-dealkylation sites (tertiary alicyclic amines) is 1. The van der Waals surface area contributed by atoms with Crippen molar-refractivity contribution in [1.29, 1.82) is 0 Å². The summed E-state index contributed by atoms with van der Waals surface area (Å²) in [7, 11) is 0. The van der Waals surface area contributed by atoms with E-state index in [0.717, 1.165) is 24.1 Å². The van der Waals surface area contributed by atoms with Gasteiger partial charge in [-0.1, -0.05) is 13.8 Å². The van der Waals surface area contributed by atoms with Crippen molar-refractivity contribution in [3.63, 3.8) is 0 Å². The van der Waals surface area contributed by atoms with Crippen LogP contribution >= 0.6 is 0 Å². The number of ether oxygens (including phenoxy) is 1. The van der Waals surface area contributed by atoms with Crippen molar-refractivity contribution in [3.8, 4) is 0 Å². The van der Waals surface area contributed by atoms with Crippen molar-refractivity contribution in [3.05, 3.63) is 17.6 Å². The number of fused-ring (bicyclic) bond motifs is 1. The molecule has 4 rings (SSSR count).